The van der Waals surface area contributed by atoms with Gasteiger partial charge in [0.2, 0.25) is 5.82 Å². The lowest BCUT2D eigenvalue weighted by Crippen LogP contribution is -2.21. The van der Waals surface area contributed by atoms with Gasteiger partial charge in [0.05, 0.1) is 5.60 Å². The average Bonchev–Trinajstić information content (AvgIpc) is 2.47. The number of thiocarbonyl (C=S) groups is 1. The molecule has 14 heavy (non-hydrogen) atoms. The van der Waals surface area contributed by atoms with Gasteiger partial charge in [-0.25, -0.2) is 4.98 Å². The zero-order valence-corrected chi connectivity index (χ0v) is 9.08. The molecule has 0 saturated carbocycles. The second-order valence-corrected chi connectivity index (χ2v) is 4.20. The maximum atomic E-state index is 9.48. The van der Waals surface area contributed by atoms with Crippen LogP contribution in [0, 0.1) is 0 Å². The topological polar surface area (TPSA) is 77.0 Å². The zero-order valence-electron chi connectivity index (χ0n) is 8.27. The van der Waals surface area contributed by atoms with Crippen molar-refractivity contribution in [2.45, 2.75) is 32.4 Å². The van der Waals surface area contributed by atoms with Crippen molar-refractivity contribution in [3.05, 3.63) is 12.2 Å². The molecule has 0 aliphatic heterocycles. The van der Waals surface area contributed by atoms with Gasteiger partial charge in [0.25, 0.3) is 0 Å². The van der Waals surface area contributed by atoms with E-state index in [0.717, 1.165) is 0 Å². The van der Waals surface area contributed by atoms with Gasteiger partial charge in [0.1, 0.15) is 11.3 Å². The number of hydrogen-bond donors (Lipinski definition) is 2. The number of aliphatic hydroxyl groups is 1. The van der Waals surface area contributed by atoms with E-state index >= 15 is 0 Å². The van der Waals surface area contributed by atoms with Crippen molar-refractivity contribution in [1.82, 2.24) is 14.8 Å². The minimum Gasteiger partial charge on any atom is -0.390 e. The van der Waals surface area contributed by atoms with Crippen LogP contribution in [0.15, 0.2) is 6.33 Å². The summed E-state index contributed by atoms with van der Waals surface area (Å²) in [6.45, 7) is 4.09. The van der Waals surface area contributed by atoms with Gasteiger partial charge in [-0.05, 0) is 20.3 Å². The summed E-state index contributed by atoms with van der Waals surface area (Å²) in [5.41, 5.74) is 4.65. The molecule has 0 aliphatic carbocycles. The van der Waals surface area contributed by atoms with Crippen LogP contribution >= 0.6 is 12.2 Å². The highest BCUT2D eigenvalue weighted by atomic mass is 32.1. The van der Waals surface area contributed by atoms with E-state index in [-0.39, 0.29) is 4.99 Å². The molecule has 0 unspecified atom stereocenters. The predicted molar refractivity (Wildman–Crippen MR) is 56.8 cm³/mol. The van der Waals surface area contributed by atoms with E-state index < -0.39 is 5.60 Å². The normalized spacial score (nSPS) is 11.6. The molecule has 5 nitrogen and oxygen atoms in total. The van der Waals surface area contributed by atoms with Crippen LogP contribution in [0.2, 0.25) is 0 Å². The van der Waals surface area contributed by atoms with Gasteiger partial charge in [-0.1, -0.05) is 12.2 Å². The van der Waals surface area contributed by atoms with Gasteiger partial charge >= 0.3 is 0 Å². The number of nitrogens with two attached hydrogens (primary N) is 1. The molecule has 0 aliphatic rings. The quantitative estimate of drug-likeness (QED) is 0.694. The highest BCUT2D eigenvalue weighted by Gasteiger charge is 2.13. The van der Waals surface area contributed by atoms with E-state index in [0.29, 0.717) is 18.8 Å². The largest absolute Gasteiger partial charge is 0.390 e. The van der Waals surface area contributed by atoms with Gasteiger partial charge in [-0.2, -0.15) is 0 Å². The molecule has 0 amide bonds. The molecule has 0 saturated heterocycles. The van der Waals surface area contributed by atoms with Crippen LogP contribution in [-0.2, 0) is 6.54 Å². The summed E-state index contributed by atoms with van der Waals surface area (Å²) in [5, 5.41) is 13.5. The first-order chi connectivity index (χ1) is 6.38. The third kappa shape index (κ3) is 3.39. The summed E-state index contributed by atoms with van der Waals surface area (Å²) in [7, 11) is 0. The Hall–Kier alpha value is -1.01. The highest BCUT2D eigenvalue weighted by Crippen LogP contribution is 2.08. The van der Waals surface area contributed by atoms with Crippen LogP contribution in [-0.4, -0.2) is 30.5 Å². The smallest absolute Gasteiger partial charge is 0.208 e. The molecule has 78 valence electrons. The summed E-state index contributed by atoms with van der Waals surface area (Å²) in [6, 6.07) is 0. The van der Waals surface area contributed by atoms with Crippen LogP contribution in [0.1, 0.15) is 26.1 Å². The summed E-state index contributed by atoms with van der Waals surface area (Å²) in [5.74, 6) is 0.371. The number of nitrogens with zero attached hydrogens (tertiary/aromatic N) is 3. The van der Waals surface area contributed by atoms with Gasteiger partial charge in [0.15, 0.2) is 0 Å². The third-order valence-corrected chi connectivity index (χ3v) is 1.89. The molecule has 1 aromatic rings. The number of aryl methyl sites for hydroxylation is 1. The van der Waals surface area contributed by atoms with E-state index in [1.807, 2.05) is 0 Å². The maximum absolute atomic E-state index is 9.48. The molecule has 1 rings (SSSR count). The molecule has 3 N–H and O–H groups in total. The fraction of sp³-hybridized carbons (Fsp3) is 0.625. The summed E-state index contributed by atoms with van der Waals surface area (Å²) in [4.78, 5) is 4.11. The van der Waals surface area contributed by atoms with Crippen molar-refractivity contribution in [2.24, 2.45) is 5.73 Å². The highest BCUT2D eigenvalue weighted by molar-refractivity contribution is 7.80. The first-order valence-electron chi connectivity index (χ1n) is 4.30. The Kier molecular flexibility index (Phi) is 3.17. The number of aromatic nitrogens is 3. The van der Waals surface area contributed by atoms with E-state index in [4.69, 9.17) is 18.0 Å². The fourth-order valence-electron chi connectivity index (χ4n) is 0.903. The summed E-state index contributed by atoms with van der Waals surface area (Å²) in [6.07, 6.45) is 2.16. The van der Waals surface area contributed by atoms with Gasteiger partial charge in [0, 0.05) is 6.54 Å². The van der Waals surface area contributed by atoms with Crippen molar-refractivity contribution in [3.8, 4) is 0 Å². The molecule has 1 heterocycles. The van der Waals surface area contributed by atoms with Gasteiger partial charge in [-0.3, -0.25) is 4.68 Å². The fourth-order valence-corrected chi connectivity index (χ4v) is 0.997. The first-order valence-corrected chi connectivity index (χ1v) is 4.71. The lowest BCUT2D eigenvalue weighted by molar-refractivity contribution is 0.0650. The number of hydrogen-bond acceptors (Lipinski definition) is 4. The standard InChI is InChI=1S/C8H14N4OS/c1-8(2,13)3-4-12-5-10-7(11-12)6(9)14/h5,13H,3-4H2,1-2H3,(H2,9,14). The molecular formula is C8H14N4OS. The van der Waals surface area contributed by atoms with Crippen LogP contribution in [0.3, 0.4) is 0 Å². The Morgan fingerprint density at radius 3 is 2.79 bits per heavy atom. The molecular weight excluding hydrogens is 200 g/mol. The van der Waals surface area contributed by atoms with Gasteiger partial charge in [-0.15, -0.1) is 5.10 Å². The lowest BCUT2D eigenvalue weighted by Gasteiger charge is -2.15. The Morgan fingerprint density at radius 1 is 1.71 bits per heavy atom. The summed E-state index contributed by atoms with van der Waals surface area (Å²) >= 11 is 4.72. The molecule has 0 radical (unpaired) electrons. The maximum Gasteiger partial charge on any atom is 0.208 e. The van der Waals surface area contributed by atoms with Crippen LogP contribution in [0.4, 0.5) is 0 Å². The predicted octanol–water partition coefficient (Wildman–Crippen LogP) is 0.0733. The summed E-state index contributed by atoms with van der Waals surface area (Å²) < 4.78 is 1.62. The molecule has 0 atom stereocenters. The molecule has 0 fully saturated rings. The van der Waals surface area contributed by atoms with E-state index in [9.17, 15) is 5.11 Å². The van der Waals surface area contributed by atoms with E-state index in [2.05, 4.69) is 10.1 Å². The minimum absolute atomic E-state index is 0.187. The van der Waals surface area contributed by atoms with Crippen molar-refractivity contribution in [1.29, 1.82) is 0 Å². The van der Waals surface area contributed by atoms with Crippen molar-refractivity contribution in [3.63, 3.8) is 0 Å². The molecule has 1 aromatic heterocycles. The molecule has 6 heteroatoms. The van der Waals surface area contributed by atoms with Crippen molar-refractivity contribution in [2.75, 3.05) is 0 Å². The Balaban J connectivity index is 2.56. The monoisotopic (exact) mass is 214 g/mol. The minimum atomic E-state index is -0.699. The van der Waals surface area contributed by atoms with Crippen molar-refractivity contribution < 1.29 is 5.11 Å². The van der Waals surface area contributed by atoms with E-state index in [1.165, 1.54) is 0 Å². The third-order valence-electron chi connectivity index (χ3n) is 1.71. The average molecular weight is 214 g/mol. The Bertz CT molecular complexity index is 328. The zero-order chi connectivity index (χ0) is 10.8. The van der Waals surface area contributed by atoms with E-state index in [1.54, 1.807) is 24.9 Å². The molecule has 0 bridgehead atoms. The molecule has 0 spiro atoms. The second kappa shape index (κ2) is 4.02. The SMILES string of the molecule is CC(C)(O)CCn1cnc(C(N)=S)n1. The number of rotatable bonds is 4. The van der Waals surface area contributed by atoms with Crippen LogP contribution < -0.4 is 5.73 Å². The van der Waals surface area contributed by atoms with Crippen LogP contribution in [0.5, 0.6) is 0 Å². The van der Waals surface area contributed by atoms with Crippen molar-refractivity contribution >= 4 is 17.2 Å². The van der Waals surface area contributed by atoms with Gasteiger partial charge < -0.3 is 10.8 Å². The first kappa shape index (κ1) is 11.1. The Morgan fingerprint density at radius 2 is 2.36 bits per heavy atom. The lowest BCUT2D eigenvalue weighted by atomic mass is 10.1. The Labute approximate surface area is 87.9 Å². The molecule has 0 aromatic carbocycles. The second-order valence-electron chi connectivity index (χ2n) is 3.76. The van der Waals surface area contributed by atoms with Crippen LogP contribution in [0.25, 0.3) is 0 Å².